The number of aryl methyl sites for hydroxylation is 1. The fourth-order valence-corrected chi connectivity index (χ4v) is 1.17. The van der Waals surface area contributed by atoms with Gasteiger partial charge in [0.15, 0.2) is 5.65 Å². The van der Waals surface area contributed by atoms with Crippen molar-refractivity contribution in [3.05, 3.63) is 24.0 Å². The molecule has 2 rings (SSSR count). The Morgan fingerprint density at radius 3 is 3.00 bits per heavy atom. The van der Waals surface area contributed by atoms with E-state index in [1.54, 1.807) is 11.6 Å². The van der Waals surface area contributed by atoms with Crippen molar-refractivity contribution < 1.29 is 4.74 Å². The van der Waals surface area contributed by atoms with Crippen LogP contribution >= 0.6 is 0 Å². The highest BCUT2D eigenvalue weighted by molar-refractivity contribution is 5.47. The quantitative estimate of drug-likeness (QED) is 0.630. The third kappa shape index (κ3) is 0.845. The molecular formula is C8H9N3O. The Morgan fingerprint density at radius 1 is 1.42 bits per heavy atom. The first kappa shape index (κ1) is 7.09. The predicted molar refractivity (Wildman–Crippen MR) is 44.3 cm³/mol. The molecule has 2 heterocycles. The summed E-state index contributed by atoms with van der Waals surface area (Å²) < 4.78 is 6.78. The Bertz CT molecular complexity index is 408. The highest BCUT2D eigenvalue weighted by Gasteiger charge is 2.03. The average Bonchev–Trinajstić information content (AvgIpc) is 2.54. The predicted octanol–water partition coefficient (Wildman–Crippen LogP) is 1.05. The van der Waals surface area contributed by atoms with E-state index in [1.807, 2.05) is 19.1 Å². The van der Waals surface area contributed by atoms with Crippen molar-refractivity contribution in [3.8, 4) is 5.88 Å². The molecule has 4 heteroatoms. The van der Waals surface area contributed by atoms with Crippen LogP contribution in [0.1, 0.15) is 5.56 Å². The first-order valence-corrected chi connectivity index (χ1v) is 3.66. The van der Waals surface area contributed by atoms with Gasteiger partial charge in [0.1, 0.15) is 6.33 Å². The van der Waals surface area contributed by atoms with E-state index in [2.05, 4.69) is 10.1 Å². The smallest absolute Gasteiger partial charge is 0.216 e. The minimum atomic E-state index is 0.702. The largest absolute Gasteiger partial charge is 0.481 e. The molecule has 0 aromatic carbocycles. The number of nitrogens with zero attached hydrogens (tertiary/aromatic N) is 3. The van der Waals surface area contributed by atoms with E-state index in [-0.39, 0.29) is 0 Å². The van der Waals surface area contributed by atoms with Crippen LogP contribution in [0.2, 0.25) is 0 Å². The number of rotatable bonds is 1. The summed E-state index contributed by atoms with van der Waals surface area (Å²) in [7, 11) is 1.62. The molecule has 0 aliphatic rings. The van der Waals surface area contributed by atoms with Crippen LogP contribution in [0.4, 0.5) is 0 Å². The van der Waals surface area contributed by atoms with Gasteiger partial charge in [-0.3, -0.25) is 0 Å². The molecule has 0 aliphatic heterocycles. The molecule has 0 fully saturated rings. The summed E-state index contributed by atoms with van der Waals surface area (Å²) in [5, 5.41) is 4.03. The maximum absolute atomic E-state index is 5.10. The van der Waals surface area contributed by atoms with Gasteiger partial charge in [-0.25, -0.2) is 4.98 Å². The monoisotopic (exact) mass is 163 g/mol. The fraction of sp³-hybridized carbons (Fsp3) is 0.250. The number of methoxy groups -OCH3 is 1. The number of fused-ring (bicyclic) bond motifs is 1. The molecule has 12 heavy (non-hydrogen) atoms. The number of hydrogen-bond acceptors (Lipinski definition) is 3. The van der Waals surface area contributed by atoms with E-state index < -0.39 is 0 Å². The van der Waals surface area contributed by atoms with Crippen molar-refractivity contribution in [1.29, 1.82) is 0 Å². The molecule has 0 atom stereocenters. The van der Waals surface area contributed by atoms with Gasteiger partial charge in [-0.2, -0.15) is 9.61 Å². The van der Waals surface area contributed by atoms with Gasteiger partial charge in [-0.1, -0.05) is 6.07 Å². The Balaban J connectivity index is 2.82. The van der Waals surface area contributed by atoms with Crippen molar-refractivity contribution in [3.63, 3.8) is 0 Å². The minimum Gasteiger partial charge on any atom is -0.481 e. The molecule has 0 unspecified atom stereocenters. The second kappa shape index (κ2) is 2.48. The second-order valence-electron chi connectivity index (χ2n) is 2.55. The van der Waals surface area contributed by atoms with Crippen molar-refractivity contribution in [2.75, 3.05) is 7.11 Å². The number of hydrogen-bond donors (Lipinski definition) is 0. The van der Waals surface area contributed by atoms with Crippen LogP contribution in [-0.4, -0.2) is 21.7 Å². The third-order valence-electron chi connectivity index (χ3n) is 1.79. The van der Waals surface area contributed by atoms with E-state index in [4.69, 9.17) is 4.74 Å². The lowest BCUT2D eigenvalue weighted by Gasteiger charge is -2.02. The topological polar surface area (TPSA) is 39.4 Å². The summed E-state index contributed by atoms with van der Waals surface area (Å²) in [6.07, 6.45) is 1.52. The molecule has 62 valence electrons. The zero-order valence-electron chi connectivity index (χ0n) is 6.98. The summed E-state index contributed by atoms with van der Waals surface area (Å²) in [5.74, 6) is 0.702. The van der Waals surface area contributed by atoms with Crippen LogP contribution in [0, 0.1) is 6.92 Å². The molecule has 0 saturated heterocycles. The highest BCUT2D eigenvalue weighted by atomic mass is 16.5. The summed E-state index contributed by atoms with van der Waals surface area (Å²) in [6.45, 7) is 1.99. The van der Waals surface area contributed by atoms with E-state index >= 15 is 0 Å². The molecule has 0 saturated carbocycles. The van der Waals surface area contributed by atoms with Gasteiger partial charge in [-0.05, 0) is 12.5 Å². The molecule has 0 aliphatic carbocycles. The molecule has 0 N–H and O–H groups in total. The van der Waals surface area contributed by atoms with E-state index in [0.29, 0.717) is 5.88 Å². The fourth-order valence-electron chi connectivity index (χ4n) is 1.17. The van der Waals surface area contributed by atoms with Crippen molar-refractivity contribution in [1.82, 2.24) is 14.6 Å². The number of aromatic nitrogens is 3. The lowest BCUT2D eigenvalue weighted by Crippen LogP contribution is -1.96. The van der Waals surface area contributed by atoms with Crippen molar-refractivity contribution >= 4 is 5.65 Å². The SMILES string of the molecule is COc1ccc(C)c2ncnn12. The van der Waals surface area contributed by atoms with Gasteiger partial charge in [0.05, 0.1) is 7.11 Å². The lowest BCUT2D eigenvalue weighted by molar-refractivity contribution is 0.385. The summed E-state index contributed by atoms with van der Waals surface area (Å²) in [5.41, 5.74) is 1.93. The Labute approximate surface area is 69.8 Å². The van der Waals surface area contributed by atoms with E-state index in [0.717, 1.165) is 11.2 Å². The maximum Gasteiger partial charge on any atom is 0.216 e. The Morgan fingerprint density at radius 2 is 2.25 bits per heavy atom. The lowest BCUT2D eigenvalue weighted by atomic mass is 10.3. The average molecular weight is 163 g/mol. The Hall–Kier alpha value is -1.58. The molecule has 0 amide bonds. The van der Waals surface area contributed by atoms with E-state index in [1.165, 1.54) is 6.33 Å². The van der Waals surface area contributed by atoms with Crippen molar-refractivity contribution in [2.45, 2.75) is 6.92 Å². The minimum absolute atomic E-state index is 0.702. The zero-order chi connectivity index (χ0) is 8.55. The molecule has 2 aromatic rings. The van der Waals surface area contributed by atoms with Gasteiger partial charge >= 0.3 is 0 Å². The Kier molecular flexibility index (Phi) is 1.46. The normalized spacial score (nSPS) is 10.5. The zero-order valence-corrected chi connectivity index (χ0v) is 6.98. The first-order valence-electron chi connectivity index (χ1n) is 3.66. The van der Waals surface area contributed by atoms with Crippen molar-refractivity contribution in [2.24, 2.45) is 0 Å². The van der Waals surface area contributed by atoms with Gasteiger partial charge in [0.25, 0.3) is 0 Å². The van der Waals surface area contributed by atoms with Crippen LogP contribution in [0.25, 0.3) is 5.65 Å². The third-order valence-corrected chi connectivity index (χ3v) is 1.79. The van der Waals surface area contributed by atoms with E-state index in [9.17, 15) is 0 Å². The highest BCUT2D eigenvalue weighted by Crippen LogP contribution is 2.14. The van der Waals surface area contributed by atoms with Gasteiger partial charge < -0.3 is 4.74 Å². The summed E-state index contributed by atoms with van der Waals surface area (Å²) >= 11 is 0. The second-order valence-corrected chi connectivity index (χ2v) is 2.55. The number of pyridine rings is 1. The first-order chi connectivity index (χ1) is 5.83. The molecule has 0 bridgehead atoms. The molecule has 0 radical (unpaired) electrons. The van der Waals surface area contributed by atoms with Crippen LogP contribution in [-0.2, 0) is 0 Å². The van der Waals surface area contributed by atoms with Crippen LogP contribution in [0.5, 0.6) is 5.88 Å². The summed E-state index contributed by atoms with van der Waals surface area (Å²) in [4.78, 5) is 4.10. The maximum atomic E-state index is 5.10. The standard InChI is InChI=1S/C8H9N3O/c1-6-3-4-7(12-2)11-8(6)9-5-10-11/h3-5H,1-2H3. The number of ether oxygens (including phenoxy) is 1. The molecular weight excluding hydrogens is 154 g/mol. The van der Waals surface area contributed by atoms with Gasteiger partial charge in [0, 0.05) is 6.07 Å². The molecule has 4 nitrogen and oxygen atoms in total. The summed E-state index contributed by atoms with van der Waals surface area (Å²) in [6, 6.07) is 3.83. The molecule has 0 spiro atoms. The van der Waals surface area contributed by atoms with Gasteiger partial charge in [-0.15, -0.1) is 0 Å². The van der Waals surface area contributed by atoms with Crippen LogP contribution in [0.3, 0.4) is 0 Å². The van der Waals surface area contributed by atoms with Gasteiger partial charge in [0.2, 0.25) is 5.88 Å². The van der Waals surface area contributed by atoms with Crippen LogP contribution < -0.4 is 4.74 Å². The van der Waals surface area contributed by atoms with Crippen LogP contribution in [0.15, 0.2) is 18.5 Å². The molecule has 2 aromatic heterocycles.